The topological polar surface area (TPSA) is 37.3 Å². The van der Waals surface area contributed by atoms with Gasteiger partial charge in [-0.05, 0) is 41.1 Å². The molecule has 0 amide bonds. The highest BCUT2D eigenvalue weighted by Crippen LogP contribution is 2.40. The SMILES string of the molecule is O=C(O)C1CCCC1c1ccsc1. The number of carboxylic acid groups (broad SMARTS) is 1. The third-order valence-corrected chi connectivity index (χ3v) is 3.51. The van der Waals surface area contributed by atoms with E-state index in [2.05, 4.69) is 11.4 Å². The van der Waals surface area contributed by atoms with Gasteiger partial charge in [0, 0.05) is 0 Å². The Morgan fingerprint density at radius 2 is 2.38 bits per heavy atom. The van der Waals surface area contributed by atoms with Gasteiger partial charge in [-0.1, -0.05) is 6.42 Å². The van der Waals surface area contributed by atoms with Crippen LogP contribution < -0.4 is 0 Å². The van der Waals surface area contributed by atoms with Crippen LogP contribution in [0, 0.1) is 5.92 Å². The zero-order chi connectivity index (χ0) is 9.26. The van der Waals surface area contributed by atoms with Gasteiger partial charge in [-0.3, -0.25) is 4.79 Å². The standard InChI is InChI=1S/C10H12O2S/c11-10(12)9-3-1-2-8(9)7-4-5-13-6-7/h4-6,8-9H,1-3H2,(H,11,12). The molecule has 13 heavy (non-hydrogen) atoms. The van der Waals surface area contributed by atoms with Gasteiger partial charge in [0.2, 0.25) is 0 Å². The lowest BCUT2D eigenvalue weighted by Gasteiger charge is -2.13. The molecular formula is C10H12O2S. The van der Waals surface area contributed by atoms with E-state index < -0.39 is 5.97 Å². The summed E-state index contributed by atoms with van der Waals surface area (Å²) in [6.45, 7) is 0. The number of thiophene rings is 1. The van der Waals surface area contributed by atoms with E-state index in [9.17, 15) is 4.79 Å². The van der Waals surface area contributed by atoms with Crippen LogP contribution in [0.5, 0.6) is 0 Å². The summed E-state index contributed by atoms with van der Waals surface area (Å²) in [7, 11) is 0. The minimum Gasteiger partial charge on any atom is -0.481 e. The maximum Gasteiger partial charge on any atom is 0.307 e. The van der Waals surface area contributed by atoms with Gasteiger partial charge >= 0.3 is 5.97 Å². The molecule has 1 aromatic rings. The van der Waals surface area contributed by atoms with Crippen molar-refractivity contribution in [3.8, 4) is 0 Å². The Morgan fingerprint density at radius 3 is 3.00 bits per heavy atom. The van der Waals surface area contributed by atoms with Gasteiger partial charge in [0.25, 0.3) is 0 Å². The maximum absolute atomic E-state index is 10.9. The molecule has 0 aromatic carbocycles. The van der Waals surface area contributed by atoms with Crippen molar-refractivity contribution in [3.05, 3.63) is 22.4 Å². The minimum atomic E-state index is -0.631. The van der Waals surface area contributed by atoms with Gasteiger partial charge in [0.15, 0.2) is 0 Å². The molecule has 1 aliphatic carbocycles. The second-order valence-corrected chi connectivity index (χ2v) is 4.32. The van der Waals surface area contributed by atoms with Gasteiger partial charge in [0.05, 0.1) is 5.92 Å². The molecule has 0 saturated heterocycles. The molecule has 2 unspecified atom stereocenters. The van der Waals surface area contributed by atoms with E-state index >= 15 is 0 Å². The fourth-order valence-electron chi connectivity index (χ4n) is 2.14. The number of aliphatic carboxylic acids is 1. The summed E-state index contributed by atoms with van der Waals surface area (Å²) >= 11 is 1.65. The minimum absolute atomic E-state index is 0.144. The maximum atomic E-state index is 10.9. The summed E-state index contributed by atoms with van der Waals surface area (Å²) in [4.78, 5) is 10.9. The van der Waals surface area contributed by atoms with Crippen molar-refractivity contribution in [1.29, 1.82) is 0 Å². The van der Waals surface area contributed by atoms with Crippen LogP contribution in [0.15, 0.2) is 16.8 Å². The Hall–Kier alpha value is -0.830. The Bertz CT molecular complexity index is 292. The lowest BCUT2D eigenvalue weighted by molar-refractivity contribution is -0.142. The van der Waals surface area contributed by atoms with Crippen LogP contribution in [0.1, 0.15) is 30.7 Å². The first kappa shape index (κ1) is 8.75. The van der Waals surface area contributed by atoms with E-state index in [-0.39, 0.29) is 11.8 Å². The van der Waals surface area contributed by atoms with Gasteiger partial charge in [-0.15, -0.1) is 0 Å². The number of hydrogen-bond acceptors (Lipinski definition) is 2. The highest BCUT2D eigenvalue weighted by Gasteiger charge is 2.33. The van der Waals surface area contributed by atoms with Crippen LogP contribution in [0.4, 0.5) is 0 Å². The molecule has 0 spiro atoms. The van der Waals surface area contributed by atoms with Gasteiger partial charge in [-0.25, -0.2) is 0 Å². The molecule has 1 aromatic heterocycles. The summed E-state index contributed by atoms with van der Waals surface area (Å²) in [5.74, 6) is -0.507. The van der Waals surface area contributed by atoms with E-state index in [4.69, 9.17) is 5.11 Å². The molecule has 1 heterocycles. The normalized spacial score (nSPS) is 27.7. The van der Waals surface area contributed by atoms with Crippen molar-refractivity contribution in [3.63, 3.8) is 0 Å². The van der Waals surface area contributed by atoms with Gasteiger partial charge < -0.3 is 5.11 Å². The molecule has 1 fully saturated rings. The van der Waals surface area contributed by atoms with E-state index in [0.29, 0.717) is 0 Å². The van der Waals surface area contributed by atoms with E-state index in [0.717, 1.165) is 19.3 Å². The molecular weight excluding hydrogens is 184 g/mol. The third kappa shape index (κ3) is 1.61. The number of carboxylic acids is 1. The van der Waals surface area contributed by atoms with Crippen molar-refractivity contribution < 1.29 is 9.90 Å². The van der Waals surface area contributed by atoms with Gasteiger partial charge in [0.1, 0.15) is 0 Å². The number of rotatable bonds is 2. The molecule has 2 nitrogen and oxygen atoms in total. The lowest BCUT2D eigenvalue weighted by Crippen LogP contribution is -2.16. The van der Waals surface area contributed by atoms with Gasteiger partial charge in [-0.2, -0.15) is 11.3 Å². The first-order valence-corrected chi connectivity index (χ1v) is 5.48. The van der Waals surface area contributed by atoms with Crippen molar-refractivity contribution >= 4 is 17.3 Å². The smallest absolute Gasteiger partial charge is 0.307 e. The van der Waals surface area contributed by atoms with Crippen LogP contribution in [0.3, 0.4) is 0 Å². The summed E-state index contributed by atoms with van der Waals surface area (Å²) in [6.07, 6.45) is 2.93. The zero-order valence-corrected chi connectivity index (χ0v) is 8.09. The van der Waals surface area contributed by atoms with E-state index in [1.807, 2.05) is 5.38 Å². The summed E-state index contributed by atoms with van der Waals surface area (Å²) in [5, 5.41) is 13.1. The third-order valence-electron chi connectivity index (χ3n) is 2.80. The van der Waals surface area contributed by atoms with Crippen LogP contribution in [-0.2, 0) is 4.79 Å². The quantitative estimate of drug-likeness (QED) is 0.789. The molecule has 0 aliphatic heterocycles. The molecule has 1 aliphatic rings. The monoisotopic (exact) mass is 196 g/mol. The second-order valence-electron chi connectivity index (χ2n) is 3.54. The van der Waals surface area contributed by atoms with Crippen molar-refractivity contribution in [2.75, 3.05) is 0 Å². The zero-order valence-electron chi connectivity index (χ0n) is 7.27. The molecule has 3 heteroatoms. The summed E-state index contributed by atoms with van der Waals surface area (Å²) in [5.41, 5.74) is 1.22. The lowest BCUT2D eigenvalue weighted by atomic mass is 9.91. The second kappa shape index (κ2) is 3.50. The fraction of sp³-hybridized carbons (Fsp3) is 0.500. The summed E-state index contributed by atoms with van der Waals surface area (Å²) < 4.78 is 0. The predicted octanol–water partition coefficient (Wildman–Crippen LogP) is 2.72. The van der Waals surface area contributed by atoms with E-state index in [1.54, 1.807) is 11.3 Å². The summed E-state index contributed by atoms with van der Waals surface area (Å²) in [6, 6.07) is 2.05. The van der Waals surface area contributed by atoms with Crippen molar-refractivity contribution in [2.45, 2.75) is 25.2 Å². The highest BCUT2D eigenvalue weighted by atomic mass is 32.1. The van der Waals surface area contributed by atoms with Crippen LogP contribution in [0.2, 0.25) is 0 Å². The van der Waals surface area contributed by atoms with Crippen LogP contribution in [0.25, 0.3) is 0 Å². The Balaban J connectivity index is 2.19. The molecule has 2 atom stereocenters. The van der Waals surface area contributed by atoms with Crippen molar-refractivity contribution in [2.24, 2.45) is 5.92 Å². The molecule has 2 rings (SSSR count). The fourth-order valence-corrected chi connectivity index (χ4v) is 2.87. The van der Waals surface area contributed by atoms with Crippen LogP contribution >= 0.6 is 11.3 Å². The number of hydrogen-bond donors (Lipinski definition) is 1. The largest absolute Gasteiger partial charge is 0.481 e. The predicted molar refractivity (Wildman–Crippen MR) is 52.0 cm³/mol. The average molecular weight is 196 g/mol. The number of carbonyl (C=O) groups is 1. The van der Waals surface area contributed by atoms with Crippen molar-refractivity contribution in [1.82, 2.24) is 0 Å². The first-order chi connectivity index (χ1) is 6.29. The average Bonchev–Trinajstić information content (AvgIpc) is 2.74. The molecule has 0 bridgehead atoms. The first-order valence-electron chi connectivity index (χ1n) is 4.54. The Kier molecular flexibility index (Phi) is 2.36. The molecule has 1 N–H and O–H groups in total. The van der Waals surface area contributed by atoms with E-state index in [1.165, 1.54) is 5.56 Å². The molecule has 0 radical (unpaired) electrons. The molecule has 70 valence electrons. The molecule has 1 saturated carbocycles. The Morgan fingerprint density at radius 1 is 1.54 bits per heavy atom. The highest BCUT2D eigenvalue weighted by molar-refractivity contribution is 7.07. The van der Waals surface area contributed by atoms with Crippen LogP contribution in [-0.4, -0.2) is 11.1 Å². The Labute approximate surface area is 81.2 Å².